The summed E-state index contributed by atoms with van der Waals surface area (Å²) in [5.41, 5.74) is 10.2. The summed E-state index contributed by atoms with van der Waals surface area (Å²) in [4.78, 5) is 10.3. The summed E-state index contributed by atoms with van der Waals surface area (Å²) in [5, 5.41) is 0. The number of rotatable bonds is 10. The van der Waals surface area contributed by atoms with Crippen LogP contribution in [0.4, 0.5) is 0 Å². The number of primary amides is 1. The Labute approximate surface area is 84.7 Å². The lowest BCUT2D eigenvalue weighted by Gasteiger charge is -2.03. The standard InChI is InChI=1S/C9H20N2O3/c10-4-1-5-13-6-2-7-14-8-3-9(11)12/h1-8,10H2,(H2,11,12). The number of ether oxygens (including phenoxy) is 2. The predicted molar refractivity (Wildman–Crippen MR) is 53.7 cm³/mol. The third kappa shape index (κ3) is 11.4. The third-order valence-electron chi connectivity index (χ3n) is 1.56. The van der Waals surface area contributed by atoms with Crippen molar-refractivity contribution in [3.8, 4) is 0 Å². The summed E-state index contributed by atoms with van der Waals surface area (Å²) in [6, 6.07) is 0. The number of nitrogens with two attached hydrogens (primary N) is 2. The van der Waals surface area contributed by atoms with Crippen molar-refractivity contribution in [2.45, 2.75) is 19.3 Å². The molecule has 84 valence electrons. The van der Waals surface area contributed by atoms with E-state index in [0.29, 0.717) is 33.0 Å². The molecular formula is C9H20N2O3. The Bertz CT molecular complexity index is 142. The minimum atomic E-state index is -0.329. The van der Waals surface area contributed by atoms with Crippen molar-refractivity contribution in [3.05, 3.63) is 0 Å². The summed E-state index contributed by atoms with van der Waals surface area (Å²) >= 11 is 0. The van der Waals surface area contributed by atoms with Crippen LogP contribution in [0.1, 0.15) is 19.3 Å². The molecule has 0 radical (unpaired) electrons. The zero-order chi connectivity index (χ0) is 10.6. The molecule has 0 fully saturated rings. The molecule has 4 N–H and O–H groups in total. The minimum Gasteiger partial charge on any atom is -0.381 e. The fourth-order valence-corrected chi connectivity index (χ4v) is 0.825. The van der Waals surface area contributed by atoms with Crippen LogP contribution < -0.4 is 11.5 Å². The second-order valence-electron chi connectivity index (χ2n) is 2.94. The highest BCUT2D eigenvalue weighted by Crippen LogP contribution is 1.88. The highest BCUT2D eigenvalue weighted by atomic mass is 16.5. The van der Waals surface area contributed by atoms with Crippen LogP contribution in [0.5, 0.6) is 0 Å². The lowest BCUT2D eigenvalue weighted by Crippen LogP contribution is -2.14. The monoisotopic (exact) mass is 204 g/mol. The maximum Gasteiger partial charge on any atom is 0.219 e. The number of amides is 1. The van der Waals surface area contributed by atoms with Gasteiger partial charge in [-0.15, -0.1) is 0 Å². The molecule has 0 unspecified atom stereocenters. The van der Waals surface area contributed by atoms with E-state index in [1.54, 1.807) is 0 Å². The summed E-state index contributed by atoms with van der Waals surface area (Å²) in [6.07, 6.45) is 2.01. The topological polar surface area (TPSA) is 87.6 Å². The van der Waals surface area contributed by atoms with Crippen LogP contribution >= 0.6 is 0 Å². The van der Waals surface area contributed by atoms with E-state index in [9.17, 15) is 4.79 Å². The van der Waals surface area contributed by atoms with E-state index in [0.717, 1.165) is 12.8 Å². The van der Waals surface area contributed by atoms with Crippen LogP contribution in [0.2, 0.25) is 0 Å². The van der Waals surface area contributed by atoms with Gasteiger partial charge in [0.25, 0.3) is 0 Å². The Morgan fingerprint density at radius 3 is 2.14 bits per heavy atom. The van der Waals surface area contributed by atoms with Crippen LogP contribution in [0.15, 0.2) is 0 Å². The van der Waals surface area contributed by atoms with Crippen LogP contribution in [0, 0.1) is 0 Å². The summed E-state index contributed by atoms with van der Waals surface area (Å²) in [5.74, 6) is -0.329. The van der Waals surface area contributed by atoms with Crippen molar-refractivity contribution in [2.75, 3.05) is 33.0 Å². The molecule has 0 aromatic rings. The molecule has 0 bridgehead atoms. The van der Waals surface area contributed by atoms with Crippen LogP contribution in [0.25, 0.3) is 0 Å². The van der Waals surface area contributed by atoms with Gasteiger partial charge in [0.15, 0.2) is 0 Å². The van der Waals surface area contributed by atoms with Crippen LogP contribution in [-0.2, 0) is 14.3 Å². The Kier molecular flexibility index (Phi) is 9.95. The zero-order valence-electron chi connectivity index (χ0n) is 8.54. The molecule has 0 saturated carbocycles. The van der Waals surface area contributed by atoms with E-state index >= 15 is 0 Å². The van der Waals surface area contributed by atoms with Crippen LogP contribution in [0.3, 0.4) is 0 Å². The van der Waals surface area contributed by atoms with Gasteiger partial charge >= 0.3 is 0 Å². The normalized spacial score (nSPS) is 10.4. The molecule has 0 rings (SSSR count). The molecule has 0 aliphatic rings. The smallest absolute Gasteiger partial charge is 0.219 e. The Balaban J connectivity index is 2.88. The first-order valence-corrected chi connectivity index (χ1v) is 4.91. The number of hydrogen-bond donors (Lipinski definition) is 2. The molecule has 5 heteroatoms. The summed E-state index contributed by atoms with van der Waals surface area (Å²) in [7, 11) is 0. The van der Waals surface area contributed by atoms with Crippen molar-refractivity contribution < 1.29 is 14.3 Å². The quantitative estimate of drug-likeness (QED) is 0.475. The molecule has 0 aromatic carbocycles. The van der Waals surface area contributed by atoms with Gasteiger partial charge in [0.05, 0.1) is 6.61 Å². The van der Waals surface area contributed by atoms with Gasteiger partial charge in [-0.05, 0) is 19.4 Å². The lowest BCUT2D eigenvalue weighted by molar-refractivity contribution is -0.119. The molecule has 0 saturated heterocycles. The van der Waals surface area contributed by atoms with Gasteiger partial charge in [-0.3, -0.25) is 4.79 Å². The highest BCUT2D eigenvalue weighted by Gasteiger charge is 1.94. The van der Waals surface area contributed by atoms with E-state index in [-0.39, 0.29) is 12.3 Å². The van der Waals surface area contributed by atoms with E-state index in [2.05, 4.69) is 0 Å². The molecular weight excluding hydrogens is 184 g/mol. The van der Waals surface area contributed by atoms with Gasteiger partial charge in [-0.25, -0.2) is 0 Å². The molecule has 5 nitrogen and oxygen atoms in total. The first-order valence-electron chi connectivity index (χ1n) is 4.91. The maximum absolute atomic E-state index is 10.3. The molecule has 0 atom stereocenters. The fourth-order valence-electron chi connectivity index (χ4n) is 0.825. The third-order valence-corrected chi connectivity index (χ3v) is 1.56. The first-order chi connectivity index (χ1) is 6.77. The van der Waals surface area contributed by atoms with E-state index in [1.165, 1.54) is 0 Å². The zero-order valence-corrected chi connectivity index (χ0v) is 8.54. The van der Waals surface area contributed by atoms with Gasteiger partial charge < -0.3 is 20.9 Å². The van der Waals surface area contributed by atoms with Crippen LogP contribution in [-0.4, -0.2) is 38.9 Å². The lowest BCUT2D eigenvalue weighted by atomic mass is 10.4. The summed E-state index contributed by atoms with van der Waals surface area (Å²) < 4.78 is 10.4. The minimum absolute atomic E-state index is 0.286. The second kappa shape index (κ2) is 10.4. The van der Waals surface area contributed by atoms with Crippen molar-refractivity contribution in [1.82, 2.24) is 0 Å². The largest absolute Gasteiger partial charge is 0.381 e. The first kappa shape index (κ1) is 13.4. The Morgan fingerprint density at radius 2 is 1.57 bits per heavy atom. The maximum atomic E-state index is 10.3. The van der Waals surface area contributed by atoms with Gasteiger partial charge in [0, 0.05) is 26.2 Å². The average Bonchev–Trinajstić information content (AvgIpc) is 2.15. The predicted octanol–water partition coefficient (Wildman–Crippen LogP) is -0.366. The molecule has 14 heavy (non-hydrogen) atoms. The van der Waals surface area contributed by atoms with Gasteiger partial charge in [-0.2, -0.15) is 0 Å². The number of hydrogen-bond acceptors (Lipinski definition) is 4. The number of carbonyl (C=O) groups is 1. The fraction of sp³-hybridized carbons (Fsp3) is 0.889. The SMILES string of the molecule is NCCCOCCCOCCC(N)=O. The van der Waals surface area contributed by atoms with Crippen molar-refractivity contribution in [3.63, 3.8) is 0 Å². The number of carbonyl (C=O) groups excluding carboxylic acids is 1. The molecule has 0 spiro atoms. The average molecular weight is 204 g/mol. The van der Waals surface area contributed by atoms with Crippen molar-refractivity contribution in [1.29, 1.82) is 0 Å². The molecule has 1 amide bonds. The Morgan fingerprint density at radius 1 is 1.00 bits per heavy atom. The highest BCUT2D eigenvalue weighted by molar-refractivity contribution is 5.73. The van der Waals surface area contributed by atoms with Crippen molar-refractivity contribution in [2.24, 2.45) is 11.5 Å². The van der Waals surface area contributed by atoms with E-state index in [1.807, 2.05) is 0 Å². The van der Waals surface area contributed by atoms with Gasteiger partial charge in [0.1, 0.15) is 0 Å². The molecule has 0 aromatic heterocycles. The van der Waals surface area contributed by atoms with Gasteiger partial charge in [-0.1, -0.05) is 0 Å². The van der Waals surface area contributed by atoms with E-state index < -0.39 is 0 Å². The summed E-state index contributed by atoms with van der Waals surface area (Å²) in [6.45, 7) is 3.05. The molecule has 0 aliphatic heterocycles. The molecule has 0 aliphatic carbocycles. The van der Waals surface area contributed by atoms with Crippen molar-refractivity contribution >= 4 is 5.91 Å². The molecule has 0 heterocycles. The van der Waals surface area contributed by atoms with Gasteiger partial charge in [0.2, 0.25) is 5.91 Å². The Hall–Kier alpha value is -0.650. The van der Waals surface area contributed by atoms with E-state index in [4.69, 9.17) is 20.9 Å². The second-order valence-corrected chi connectivity index (χ2v) is 2.94.